The summed E-state index contributed by atoms with van der Waals surface area (Å²) in [4.78, 5) is 0. The predicted octanol–water partition coefficient (Wildman–Crippen LogP) is 2.72. The first-order valence-electron chi connectivity index (χ1n) is 6.69. The molecule has 1 aromatic rings. The monoisotopic (exact) mass is 250 g/mol. The van der Waals surface area contributed by atoms with E-state index >= 15 is 0 Å². The highest BCUT2D eigenvalue weighted by Crippen LogP contribution is 2.36. The quantitative estimate of drug-likeness (QED) is 0.789. The number of aliphatic hydroxyl groups is 1. The molecule has 1 aromatic carbocycles. The minimum absolute atomic E-state index is 0.319. The molecule has 1 N–H and O–H groups in total. The molecular weight excluding hydrogens is 228 g/mol. The van der Waals surface area contributed by atoms with Crippen molar-refractivity contribution in [2.75, 3.05) is 19.8 Å². The number of benzene rings is 1. The number of fused-ring (bicyclic) bond motifs is 1. The van der Waals surface area contributed by atoms with Gasteiger partial charge in [0.15, 0.2) is 0 Å². The third kappa shape index (κ3) is 3.24. The van der Waals surface area contributed by atoms with Crippen molar-refractivity contribution in [3.05, 3.63) is 29.3 Å². The summed E-state index contributed by atoms with van der Waals surface area (Å²) in [5.74, 6) is 1.46. The van der Waals surface area contributed by atoms with Crippen LogP contribution in [0.5, 0.6) is 5.75 Å². The molecular formula is C15H22O3. The van der Waals surface area contributed by atoms with Gasteiger partial charge in [-0.1, -0.05) is 26.0 Å². The normalized spacial score (nSPS) is 18.1. The molecule has 1 aliphatic rings. The zero-order valence-corrected chi connectivity index (χ0v) is 11.2. The molecule has 1 aliphatic carbocycles. The fraction of sp³-hybridized carbons (Fsp3) is 0.600. The molecule has 0 saturated heterocycles. The van der Waals surface area contributed by atoms with Crippen LogP contribution in [0.3, 0.4) is 0 Å². The number of hydrogen-bond acceptors (Lipinski definition) is 3. The maximum atomic E-state index is 9.80. The van der Waals surface area contributed by atoms with Gasteiger partial charge in [0.25, 0.3) is 0 Å². The van der Waals surface area contributed by atoms with Gasteiger partial charge >= 0.3 is 0 Å². The Morgan fingerprint density at radius 3 is 2.94 bits per heavy atom. The van der Waals surface area contributed by atoms with Crippen LogP contribution in [0.2, 0.25) is 0 Å². The van der Waals surface area contributed by atoms with Crippen molar-refractivity contribution in [1.29, 1.82) is 0 Å². The lowest BCUT2D eigenvalue weighted by atomic mass is 10.1. The standard InChI is InChI=1S/C15H22O3/c1-11(2)10-17-8-9-18-15-5-3-4-12-13(15)6-7-14(12)16/h3-5,11,14,16H,6-10H2,1-2H3. The third-order valence-electron chi connectivity index (χ3n) is 3.13. The van der Waals surface area contributed by atoms with Crippen LogP contribution in [-0.2, 0) is 11.2 Å². The summed E-state index contributed by atoms with van der Waals surface area (Å²) in [5.41, 5.74) is 2.18. The minimum atomic E-state index is -0.319. The van der Waals surface area contributed by atoms with Gasteiger partial charge in [0.05, 0.1) is 12.7 Å². The molecule has 0 fully saturated rings. The Balaban J connectivity index is 1.84. The van der Waals surface area contributed by atoms with Crippen LogP contribution in [0.4, 0.5) is 0 Å². The van der Waals surface area contributed by atoms with E-state index < -0.39 is 0 Å². The zero-order valence-electron chi connectivity index (χ0n) is 11.2. The number of hydrogen-bond donors (Lipinski definition) is 1. The molecule has 0 radical (unpaired) electrons. The predicted molar refractivity (Wildman–Crippen MR) is 70.9 cm³/mol. The number of aliphatic hydroxyl groups excluding tert-OH is 1. The second kappa shape index (κ2) is 6.21. The largest absolute Gasteiger partial charge is 0.491 e. The van der Waals surface area contributed by atoms with Crippen molar-refractivity contribution in [2.45, 2.75) is 32.8 Å². The van der Waals surface area contributed by atoms with Crippen LogP contribution in [0.25, 0.3) is 0 Å². The maximum absolute atomic E-state index is 9.80. The van der Waals surface area contributed by atoms with Gasteiger partial charge in [-0.15, -0.1) is 0 Å². The molecule has 0 spiro atoms. The summed E-state index contributed by atoms with van der Waals surface area (Å²) in [5, 5.41) is 9.80. The van der Waals surface area contributed by atoms with Crippen molar-refractivity contribution in [3.8, 4) is 5.75 Å². The highest BCUT2D eigenvalue weighted by Gasteiger charge is 2.22. The van der Waals surface area contributed by atoms with E-state index in [1.54, 1.807) is 0 Å². The van der Waals surface area contributed by atoms with Crippen molar-refractivity contribution in [1.82, 2.24) is 0 Å². The molecule has 0 aromatic heterocycles. The van der Waals surface area contributed by atoms with Gasteiger partial charge < -0.3 is 14.6 Å². The molecule has 0 saturated carbocycles. The van der Waals surface area contributed by atoms with Crippen LogP contribution >= 0.6 is 0 Å². The van der Waals surface area contributed by atoms with Crippen LogP contribution in [0.1, 0.15) is 37.5 Å². The second-order valence-electron chi connectivity index (χ2n) is 5.20. The second-order valence-corrected chi connectivity index (χ2v) is 5.20. The fourth-order valence-corrected chi connectivity index (χ4v) is 2.26. The molecule has 3 heteroatoms. The lowest BCUT2D eigenvalue weighted by molar-refractivity contribution is 0.0816. The molecule has 1 unspecified atom stereocenters. The van der Waals surface area contributed by atoms with E-state index in [9.17, 15) is 5.11 Å². The van der Waals surface area contributed by atoms with E-state index in [0.717, 1.165) is 36.3 Å². The van der Waals surface area contributed by atoms with Crippen LogP contribution < -0.4 is 4.74 Å². The van der Waals surface area contributed by atoms with Gasteiger partial charge in [-0.3, -0.25) is 0 Å². The molecule has 1 atom stereocenters. The Bertz CT molecular complexity index is 387. The lowest BCUT2D eigenvalue weighted by Crippen LogP contribution is -2.10. The van der Waals surface area contributed by atoms with Crippen molar-refractivity contribution in [3.63, 3.8) is 0 Å². The van der Waals surface area contributed by atoms with Gasteiger partial charge in [0.2, 0.25) is 0 Å². The van der Waals surface area contributed by atoms with Crippen molar-refractivity contribution >= 4 is 0 Å². The third-order valence-corrected chi connectivity index (χ3v) is 3.13. The van der Waals surface area contributed by atoms with Gasteiger partial charge in [0.1, 0.15) is 12.4 Å². The molecule has 0 heterocycles. The first-order valence-corrected chi connectivity index (χ1v) is 6.69. The van der Waals surface area contributed by atoms with E-state index in [0.29, 0.717) is 19.1 Å². The molecule has 2 rings (SSSR count). The summed E-state index contributed by atoms with van der Waals surface area (Å²) in [6.45, 7) is 6.22. The Labute approximate surface area is 109 Å². The topological polar surface area (TPSA) is 38.7 Å². The van der Waals surface area contributed by atoms with E-state index in [1.165, 1.54) is 0 Å². The summed E-state index contributed by atoms with van der Waals surface area (Å²) < 4.78 is 11.2. The van der Waals surface area contributed by atoms with Crippen LogP contribution in [-0.4, -0.2) is 24.9 Å². The first-order chi connectivity index (χ1) is 8.68. The van der Waals surface area contributed by atoms with E-state index in [2.05, 4.69) is 13.8 Å². The van der Waals surface area contributed by atoms with E-state index in [1.807, 2.05) is 18.2 Å². The Morgan fingerprint density at radius 1 is 1.33 bits per heavy atom. The molecule has 100 valence electrons. The highest BCUT2D eigenvalue weighted by atomic mass is 16.5. The smallest absolute Gasteiger partial charge is 0.122 e. The Kier molecular flexibility index (Phi) is 4.61. The average Bonchev–Trinajstić information content (AvgIpc) is 2.71. The van der Waals surface area contributed by atoms with Gasteiger partial charge in [-0.05, 0) is 30.4 Å². The maximum Gasteiger partial charge on any atom is 0.122 e. The summed E-state index contributed by atoms with van der Waals surface area (Å²) in [7, 11) is 0. The zero-order chi connectivity index (χ0) is 13.0. The van der Waals surface area contributed by atoms with Crippen molar-refractivity contribution in [2.24, 2.45) is 5.92 Å². The summed E-state index contributed by atoms with van der Waals surface area (Å²) >= 11 is 0. The molecule has 0 aliphatic heterocycles. The fourth-order valence-electron chi connectivity index (χ4n) is 2.26. The molecule has 18 heavy (non-hydrogen) atoms. The molecule has 0 amide bonds. The first kappa shape index (κ1) is 13.4. The van der Waals surface area contributed by atoms with E-state index in [4.69, 9.17) is 9.47 Å². The molecule has 0 bridgehead atoms. The molecule has 3 nitrogen and oxygen atoms in total. The Hall–Kier alpha value is -1.06. The highest BCUT2D eigenvalue weighted by molar-refractivity contribution is 5.44. The summed E-state index contributed by atoms with van der Waals surface area (Å²) in [6.07, 6.45) is 1.39. The van der Waals surface area contributed by atoms with E-state index in [-0.39, 0.29) is 6.10 Å². The Morgan fingerprint density at radius 2 is 2.17 bits per heavy atom. The average molecular weight is 250 g/mol. The van der Waals surface area contributed by atoms with Gasteiger partial charge in [-0.25, -0.2) is 0 Å². The SMILES string of the molecule is CC(C)COCCOc1cccc2c1CCC2O. The van der Waals surface area contributed by atoms with Gasteiger partial charge in [0, 0.05) is 12.2 Å². The lowest BCUT2D eigenvalue weighted by Gasteiger charge is -2.12. The number of ether oxygens (including phenoxy) is 2. The van der Waals surface area contributed by atoms with Crippen LogP contribution in [0, 0.1) is 5.92 Å². The minimum Gasteiger partial charge on any atom is -0.491 e. The van der Waals surface area contributed by atoms with Crippen molar-refractivity contribution < 1.29 is 14.6 Å². The summed E-state index contributed by atoms with van der Waals surface area (Å²) in [6, 6.07) is 5.89. The van der Waals surface area contributed by atoms with Crippen LogP contribution in [0.15, 0.2) is 18.2 Å². The van der Waals surface area contributed by atoms with Gasteiger partial charge in [-0.2, -0.15) is 0 Å². The number of rotatable bonds is 6.